The Hall–Kier alpha value is -1.54. The van der Waals surface area contributed by atoms with Gasteiger partial charge in [-0.1, -0.05) is 36.4 Å². The van der Waals surface area contributed by atoms with Crippen molar-refractivity contribution in [1.29, 1.82) is 0 Å². The Balaban J connectivity index is 1.70. The molecule has 0 N–H and O–H groups in total. The number of carbonyl (C=O) groups is 1. The van der Waals surface area contributed by atoms with E-state index in [1.807, 2.05) is 0 Å². The van der Waals surface area contributed by atoms with Crippen LogP contribution in [-0.2, 0) is 9.53 Å². The standard InChI is InChI=1S/C19H17ClO2/c1-9(21)22-19-13-8-14(20)18(19)17-12-7-3-5-10-4-2-6-11(15(10)12)16(13)17/h2-7,13-14,16-19H,8H2,1H3/t13-,14+,16-,17-,18+,19-/m0/s1. The molecule has 112 valence electrons. The van der Waals surface area contributed by atoms with E-state index >= 15 is 0 Å². The van der Waals surface area contributed by atoms with Gasteiger partial charge in [0.1, 0.15) is 6.10 Å². The number of rotatable bonds is 1. The van der Waals surface area contributed by atoms with Crippen molar-refractivity contribution in [2.24, 2.45) is 11.8 Å². The Morgan fingerprint density at radius 3 is 2.50 bits per heavy atom. The van der Waals surface area contributed by atoms with Gasteiger partial charge in [0.25, 0.3) is 0 Å². The second kappa shape index (κ2) is 4.26. The highest BCUT2D eigenvalue weighted by Gasteiger charge is 2.63. The van der Waals surface area contributed by atoms with E-state index in [2.05, 4.69) is 36.4 Å². The lowest BCUT2D eigenvalue weighted by Gasteiger charge is -2.28. The predicted octanol–water partition coefficient (Wildman–Crippen LogP) is 4.21. The number of ether oxygens (including phenoxy) is 1. The Morgan fingerprint density at radius 1 is 1.14 bits per heavy atom. The summed E-state index contributed by atoms with van der Waals surface area (Å²) in [5, 5.41) is 2.85. The van der Waals surface area contributed by atoms with Crippen molar-refractivity contribution >= 4 is 28.3 Å². The first-order valence-corrected chi connectivity index (χ1v) is 8.43. The molecule has 0 amide bonds. The minimum absolute atomic E-state index is 0.0152. The molecule has 0 saturated heterocycles. The van der Waals surface area contributed by atoms with Crippen LogP contribution >= 0.6 is 11.6 Å². The van der Waals surface area contributed by atoms with Gasteiger partial charge in [-0.05, 0) is 40.2 Å². The highest BCUT2D eigenvalue weighted by molar-refractivity contribution is 6.21. The summed E-state index contributed by atoms with van der Waals surface area (Å²) < 4.78 is 5.69. The van der Waals surface area contributed by atoms with Gasteiger partial charge in [0.15, 0.2) is 0 Å². The number of fused-ring (bicyclic) bond motifs is 7. The number of benzene rings is 2. The first-order chi connectivity index (χ1) is 10.7. The molecule has 3 aliphatic carbocycles. The van der Waals surface area contributed by atoms with Gasteiger partial charge in [0.05, 0.1) is 0 Å². The van der Waals surface area contributed by atoms with Crippen LogP contribution in [0.2, 0.25) is 0 Å². The maximum atomic E-state index is 11.5. The lowest BCUT2D eigenvalue weighted by atomic mass is 9.78. The molecule has 5 rings (SSSR count). The van der Waals surface area contributed by atoms with E-state index in [-0.39, 0.29) is 23.4 Å². The fourth-order valence-corrected chi connectivity index (χ4v) is 5.97. The smallest absolute Gasteiger partial charge is 0.302 e. The van der Waals surface area contributed by atoms with Crippen LogP contribution in [0, 0.1) is 11.8 Å². The van der Waals surface area contributed by atoms with E-state index in [4.69, 9.17) is 16.3 Å². The lowest BCUT2D eigenvalue weighted by Crippen LogP contribution is -2.26. The Bertz CT molecular complexity index is 794. The van der Waals surface area contributed by atoms with Gasteiger partial charge in [0, 0.05) is 24.1 Å². The molecule has 2 fully saturated rings. The van der Waals surface area contributed by atoms with E-state index in [0.29, 0.717) is 17.8 Å². The average Bonchev–Trinajstić information content (AvgIpc) is 3.07. The molecule has 22 heavy (non-hydrogen) atoms. The van der Waals surface area contributed by atoms with Crippen molar-refractivity contribution in [2.45, 2.75) is 36.7 Å². The third-order valence-corrected chi connectivity index (χ3v) is 6.44. The van der Waals surface area contributed by atoms with Crippen molar-refractivity contribution in [3.8, 4) is 0 Å². The fourth-order valence-electron chi connectivity index (χ4n) is 5.47. The molecule has 0 aliphatic heterocycles. The Morgan fingerprint density at radius 2 is 1.82 bits per heavy atom. The number of hydrogen-bond acceptors (Lipinski definition) is 2. The largest absolute Gasteiger partial charge is 0.462 e. The summed E-state index contributed by atoms with van der Waals surface area (Å²) in [7, 11) is 0. The topological polar surface area (TPSA) is 26.3 Å². The van der Waals surface area contributed by atoms with Gasteiger partial charge in [-0.25, -0.2) is 0 Å². The molecule has 6 atom stereocenters. The molecule has 2 aromatic carbocycles. The molecular weight excluding hydrogens is 296 g/mol. The van der Waals surface area contributed by atoms with Crippen LogP contribution < -0.4 is 0 Å². The van der Waals surface area contributed by atoms with Crippen LogP contribution in [0.1, 0.15) is 36.3 Å². The SMILES string of the molecule is CC(=O)O[C@H]1[C@H]2C[C@@H](Cl)[C@@H]1[C@H]1c3cccc4cccc(c34)[C@@H]21. The quantitative estimate of drug-likeness (QED) is 0.582. The first-order valence-electron chi connectivity index (χ1n) is 7.99. The summed E-state index contributed by atoms with van der Waals surface area (Å²) in [5.74, 6) is 1.30. The first kappa shape index (κ1) is 13.0. The van der Waals surface area contributed by atoms with Gasteiger partial charge in [-0.2, -0.15) is 0 Å². The molecule has 0 heterocycles. The summed E-state index contributed by atoms with van der Waals surface area (Å²) >= 11 is 6.64. The van der Waals surface area contributed by atoms with Crippen LogP contribution in [0.25, 0.3) is 10.8 Å². The molecule has 3 heteroatoms. The number of halogens is 1. The predicted molar refractivity (Wildman–Crippen MR) is 86.2 cm³/mol. The van der Waals surface area contributed by atoms with Gasteiger partial charge in [-0.15, -0.1) is 11.6 Å². The maximum Gasteiger partial charge on any atom is 0.302 e. The molecule has 0 spiro atoms. The van der Waals surface area contributed by atoms with Crippen molar-refractivity contribution < 1.29 is 9.53 Å². The fraction of sp³-hybridized carbons (Fsp3) is 0.421. The van der Waals surface area contributed by atoms with Crippen LogP contribution in [0.4, 0.5) is 0 Å². The van der Waals surface area contributed by atoms with Gasteiger partial charge < -0.3 is 4.74 Å². The van der Waals surface area contributed by atoms with Gasteiger partial charge in [0.2, 0.25) is 0 Å². The Labute approximate surface area is 134 Å². The summed E-state index contributed by atoms with van der Waals surface area (Å²) in [6.07, 6.45) is 0.939. The van der Waals surface area contributed by atoms with Crippen LogP contribution in [0.15, 0.2) is 36.4 Å². The van der Waals surface area contributed by atoms with Gasteiger partial charge >= 0.3 is 5.97 Å². The number of hydrogen-bond donors (Lipinski definition) is 0. The highest BCUT2D eigenvalue weighted by Crippen LogP contribution is 2.67. The number of alkyl halides is 1. The van der Waals surface area contributed by atoms with E-state index in [9.17, 15) is 4.79 Å². The van der Waals surface area contributed by atoms with Crippen molar-refractivity contribution in [1.82, 2.24) is 0 Å². The molecule has 0 unspecified atom stereocenters. The van der Waals surface area contributed by atoms with Crippen LogP contribution in [0.3, 0.4) is 0 Å². The van der Waals surface area contributed by atoms with Crippen molar-refractivity contribution in [3.63, 3.8) is 0 Å². The third kappa shape index (κ3) is 1.44. The molecular formula is C19H17ClO2. The number of esters is 1. The monoisotopic (exact) mass is 312 g/mol. The minimum Gasteiger partial charge on any atom is -0.462 e. The minimum atomic E-state index is -0.183. The number of carbonyl (C=O) groups excluding carboxylic acids is 1. The molecule has 0 radical (unpaired) electrons. The molecule has 2 aromatic rings. The zero-order valence-electron chi connectivity index (χ0n) is 12.3. The van der Waals surface area contributed by atoms with E-state index in [0.717, 1.165) is 6.42 Å². The van der Waals surface area contributed by atoms with E-state index in [1.165, 1.54) is 28.8 Å². The maximum absolute atomic E-state index is 11.5. The highest BCUT2D eigenvalue weighted by atomic mass is 35.5. The summed E-state index contributed by atoms with van der Waals surface area (Å²) in [6.45, 7) is 1.51. The molecule has 2 bridgehead atoms. The Kier molecular flexibility index (Phi) is 2.51. The zero-order valence-corrected chi connectivity index (χ0v) is 13.1. The zero-order chi connectivity index (χ0) is 15.0. The van der Waals surface area contributed by atoms with Gasteiger partial charge in [-0.3, -0.25) is 4.79 Å². The van der Waals surface area contributed by atoms with Crippen LogP contribution in [-0.4, -0.2) is 17.5 Å². The molecule has 3 aliphatic rings. The summed E-state index contributed by atoms with van der Waals surface area (Å²) in [5.41, 5.74) is 2.85. The normalized spacial score (nSPS) is 37.5. The van der Waals surface area contributed by atoms with Crippen molar-refractivity contribution in [3.05, 3.63) is 47.5 Å². The van der Waals surface area contributed by atoms with Crippen LogP contribution in [0.5, 0.6) is 0 Å². The van der Waals surface area contributed by atoms with Crippen molar-refractivity contribution in [2.75, 3.05) is 0 Å². The van der Waals surface area contributed by atoms with E-state index in [1.54, 1.807) is 0 Å². The average molecular weight is 313 g/mol. The third-order valence-electron chi connectivity index (χ3n) is 5.97. The van der Waals surface area contributed by atoms with E-state index < -0.39 is 0 Å². The molecule has 0 aromatic heterocycles. The summed E-state index contributed by atoms with van der Waals surface area (Å²) in [4.78, 5) is 11.5. The molecule has 2 saturated carbocycles. The molecule has 2 nitrogen and oxygen atoms in total. The summed E-state index contributed by atoms with van der Waals surface area (Å²) in [6, 6.07) is 13.2. The second-order valence-corrected chi connectivity index (χ2v) is 7.47. The lowest BCUT2D eigenvalue weighted by molar-refractivity contribution is -0.148. The second-order valence-electron chi connectivity index (χ2n) is 6.91.